The Morgan fingerprint density at radius 3 is 2.27 bits per heavy atom. The molecule has 64 valence electrons. The third-order valence-electron chi connectivity index (χ3n) is 1.46. The first kappa shape index (κ1) is 10.4. The van der Waals surface area contributed by atoms with Gasteiger partial charge >= 0.3 is 0 Å². The maximum Gasteiger partial charge on any atom is 0.0930 e. The van der Waals surface area contributed by atoms with E-state index in [0.29, 0.717) is 0 Å². The summed E-state index contributed by atoms with van der Waals surface area (Å²) in [5.74, 6) is 0. The predicted octanol–water partition coefficient (Wildman–Crippen LogP) is -0.769. The SMILES string of the molecule is CC(C#N)NC(C)(CO)CO. The van der Waals surface area contributed by atoms with E-state index in [1.54, 1.807) is 13.8 Å². The minimum Gasteiger partial charge on any atom is -0.394 e. The van der Waals surface area contributed by atoms with Crippen LogP contribution in [-0.2, 0) is 0 Å². The van der Waals surface area contributed by atoms with Gasteiger partial charge in [-0.2, -0.15) is 5.26 Å². The van der Waals surface area contributed by atoms with Crippen LogP contribution in [0.2, 0.25) is 0 Å². The van der Waals surface area contributed by atoms with E-state index < -0.39 is 5.54 Å². The number of aliphatic hydroxyl groups excluding tert-OH is 2. The zero-order valence-corrected chi connectivity index (χ0v) is 6.83. The van der Waals surface area contributed by atoms with Gasteiger partial charge in [-0.15, -0.1) is 0 Å². The number of nitrogens with zero attached hydrogens (tertiary/aromatic N) is 1. The summed E-state index contributed by atoms with van der Waals surface area (Å²) < 4.78 is 0. The molecule has 0 aliphatic rings. The molecule has 0 aliphatic carbocycles. The molecule has 0 aromatic carbocycles. The van der Waals surface area contributed by atoms with Crippen molar-refractivity contribution in [3.8, 4) is 6.07 Å². The molecule has 0 fully saturated rings. The summed E-state index contributed by atoms with van der Waals surface area (Å²) in [6, 6.07) is 1.59. The van der Waals surface area contributed by atoms with E-state index in [2.05, 4.69) is 5.32 Å². The van der Waals surface area contributed by atoms with E-state index >= 15 is 0 Å². The summed E-state index contributed by atoms with van der Waals surface area (Å²) >= 11 is 0. The largest absolute Gasteiger partial charge is 0.394 e. The van der Waals surface area contributed by atoms with Gasteiger partial charge in [-0.25, -0.2) is 0 Å². The standard InChI is InChI=1S/C7H14N2O2/c1-6(3-8)9-7(2,4-10)5-11/h6,9-11H,4-5H2,1-2H3. The second kappa shape index (κ2) is 4.29. The van der Waals surface area contributed by atoms with Gasteiger partial charge in [0.1, 0.15) is 0 Å². The second-order valence-corrected chi connectivity index (χ2v) is 2.87. The van der Waals surface area contributed by atoms with Crippen LogP contribution in [-0.4, -0.2) is 35.0 Å². The Labute approximate surface area is 66.5 Å². The molecule has 0 rings (SSSR count). The zero-order chi connectivity index (χ0) is 8.91. The molecule has 3 N–H and O–H groups in total. The molecular formula is C7H14N2O2. The van der Waals surface area contributed by atoms with Gasteiger partial charge in [0.25, 0.3) is 0 Å². The van der Waals surface area contributed by atoms with E-state index in [1.807, 2.05) is 6.07 Å². The molecule has 0 saturated heterocycles. The lowest BCUT2D eigenvalue weighted by molar-refractivity contribution is 0.101. The maximum atomic E-state index is 8.80. The predicted molar refractivity (Wildman–Crippen MR) is 40.8 cm³/mol. The first-order chi connectivity index (χ1) is 5.08. The molecule has 0 aromatic heterocycles. The fourth-order valence-electron chi connectivity index (χ4n) is 0.696. The van der Waals surface area contributed by atoms with Gasteiger partial charge in [0.2, 0.25) is 0 Å². The highest BCUT2D eigenvalue weighted by Crippen LogP contribution is 2.01. The number of aliphatic hydroxyl groups is 2. The van der Waals surface area contributed by atoms with Crippen LogP contribution in [0.3, 0.4) is 0 Å². The summed E-state index contributed by atoms with van der Waals surface area (Å²) in [5, 5.41) is 28.8. The van der Waals surface area contributed by atoms with E-state index in [4.69, 9.17) is 15.5 Å². The molecule has 0 aromatic rings. The highest BCUT2D eigenvalue weighted by Gasteiger charge is 2.23. The quantitative estimate of drug-likeness (QED) is 0.502. The molecule has 0 radical (unpaired) electrons. The summed E-state index contributed by atoms with van der Waals surface area (Å²) in [6.45, 7) is 2.95. The van der Waals surface area contributed by atoms with Crippen molar-refractivity contribution < 1.29 is 10.2 Å². The van der Waals surface area contributed by atoms with Crippen LogP contribution in [0.5, 0.6) is 0 Å². The number of hydrogen-bond acceptors (Lipinski definition) is 4. The van der Waals surface area contributed by atoms with Crippen LogP contribution in [0.15, 0.2) is 0 Å². The van der Waals surface area contributed by atoms with Crippen LogP contribution < -0.4 is 5.32 Å². The van der Waals surface area contributed by atoms with Crippen LogP contribution in [0.4, 0.5) is 0 Å². The Morgan fingerprint density at radius 2 is 2.00 bits per heavy atom. The average molecular weight is 158 g/mol. The second-order valence-electron chi connectivity index (χ2n) is 2.87. The Balaban J connectivity index is 3.99. The van der Waals surface area contributed by atoms with Crippen LogP contribution in [0.25, 0.3) is 0 Å². The van der Waals surface area contributed by atoms with Crippen molar-refractivity contribution in [2.45, 2.75) is 25.4 Å². The summed E-state index contributed by atoms with van der Waals surface area (Å²) in [7, 11) is 0. The Hall–Kier alpha value is -0.630. The van der Waals surface area contributed by atoms with Gasteiger partial charge < -0.3 is 10.2 Å². The van der Waals surface area contributed by atoms with Crippen LogP contribution in [0, 0.1) is 11.3 Å². The van der Waals surface area contributed by atoms with Crippen molar-refractivity contribution in [2.24, 2.45) is 0 Å². The van der Waals surface area contributed by atoms with E-state index in [0.717, 1.165) is 0 Å². The average Bonchev–Trinajstić information content (AvgIpc) is 2.04. The first-order valence-corrected chi connectivity index (χ1v) is 3.47. The molecule has 0 saturated carbocycles. The Kier molecular flexibility index (Phi) is 4.04. The molecule has 4 nitrogen and oxygen atoms in total. The number of nitriles is 1. The lowest BCUT2D eigenvalue weighted by Crippen LogP contribution is -2.52. The lowest BCUT2D eigenvalue weighted by atomic mass is 10.0. The van der Waals surface area contributed by atoms with Crippen molar-refractivity contribution in [1.29, 1.82) is 5.26 Å². The Morgan fingerprint density at radius 1 is 1.55 bits per heavy atom. The van der Waals surface area contributed by atoms with Crippen molar-refractivity contribution >= 4 is 0 Å². The van der Waals surface area contributed by atoms with Crippen molar-refractivity contribution in [2.75, 3.05) is 13.2 Å². The molecule has 0 heterocycles. The summed E-state index contributed by atoms with van der Waals surface area (Å²) in [4.78, 5) is 0. The number of rotatable bonds is 4. The maximum absolute atomic E-state index is 8.80. The molecule has 0 aliphatic heterocycles. The van der Waals surface area contributed by atoms with Gasteiger partial charge in [-0.3, -0.25) is 5.32 Å². The number of nitrogens with one attached hydrogen (secondary N) is 1. The summed E-state index contributed by atoms with van der Waals surface area (Å²) in [6.07, 6.45) is 0. The van der Waals surface area contributed by atoms with E-state index in [1.165, 1.54) is 0 Å². The molecule has 1 atom stereocenters. The normalized spacial score (nSPS) is 14.1. The fourth-order valence-corrected chi connectivity index (χ4v) is 0.696. The topological polar surface area (TPSA) is 76.3 Å². The van der Waals surface area contributed by atoms with Crippen LogP contribution >= 0.6 is 0 Å². The molecule has 0 spiro atoms. The smallest absolute Gasteiger partial charge is 0.0930 e. The third kappa shape index (κ3) is 3.33. The Bertz CT molecular complexity index is 149. The minimum absolute atomic E-state index is 0.185. The third-order valence-corrected chi connectivity index (χ3v) is 1.46. The monoisotopic (exact) mass is 158 g/mol. The summed E-state index contributed by atoms with van der Waals surface area (Å²) in [5.41, 5.74) is -0.755. The molecule has 0 amide bonds. The molecule has 11 heavy (non-hydrogen) atoms. The van der Waals surface area contributed by atoms with Crippen molar-refractivity contribution in [3.05, 3.63) is 0 Å². The molecule has 1 unspecified atom stereocenters. The van der Waals surface area contributed by atoms with E-state index in [9.17, 15) is 0 Å². The molecule has 0 bridgehead atoms. The highest BCUT2D eigenvalue weighted by atomic mass is 16.3. The van der Waals surface area contributed by atoms with Gasteiger partial charge in [0.15, 0.2) is 0 Å². The van der Waals surface area contributed by atoms with Gasteiger partial charge in [0.05, 0.1) is 30.9 Å². The van der Waals surface area contributed by atoms with Crippen molar-refractivity contribution in [3.63, 3.8) is 0 Å². The first-order valence-electron chi connectivity index (χ1n) is 3.47. The van der Waals surface area contributed by atoms with Gasteiger partial charge in [-0.05, 0) is 13.8 Å². The van der Waals surface area contributed by atoms with Crippen molar-refractivity contribution in [1.82, 2.24) is 5.32 Å². The lowest BCUT2D eigenvalue weighted by Gasteiger charge is -2.27. The zero-order valence-electron chi connectivity index (χ0n) is 6.83. The van der Waals surface area contributed by atoms with Gasteiger partial charge in [-0.1, -0.05) is 0 Å². The van der Waals surface area contributed by atoms with E-state index in [-0.39, 0.29) is 19.3 Å². The minimum atomic E-state index is -0.755. The number of hydrogen-bond donors (Lipinski definition) is 3. The van der Waals surface area contributed by atoms with Gasteiger partial charge in [0, 0.05) is 0 Å². The molecular weight excluding hydrogens is 144 g/mol. The molecule has 4 heteroatoms. The fraction of sp³-hybridized carbons (Fsp3) is 0.857. The van der Waals surface area contributed by atoms with Crippen LogP contribution in [0.1, 0.15) is 13.8 Å². The highest BCUT2D eigenvalue weighted by molar-refractivity contribution is 4.93.